The van der Waals surface area contributed by atoms with E-state index in [1.807, 2.05) is 43.3 Å². The van der Waals surface area contributed by atoms with Crippen LogP contribution in [0.4, 0.5) is 5.69 Å². The number of rotatable bonds is 8. The topological polar surface area (TPSA) is 84.0 Å². The van der Waals surface area contributed by atoms with Gasteiger partial charge in [-0.1, -0.05) is 12.1 Å². The van der Waals surface area contributed by atoms with Crippen LogP contribution in [0.1, 0.15) is 22.8 Å². The van der Waals surface area contributed by atoms with Gasteiger partial charge in [0.2, 0.25) is 0 Å². The molecule has 0 bridgehead atoms. The molecule has 0 radical (unpaired) electrons. The van der Waals surface area contributed by atoms with E-state index in [4.69, 9.17) is 9.47 Å². The Morgan fingerprint density at radius 1 is 1.14 bits per heavy atom. The molecule has 0 aromatic heterocycles. The van der Waals surface area contributed by atoms with Crippen molar-refractivity contribution < 1.29 is 14.3 Å². The van der Waals surface area contributed by atoms with Crippen LogP contribution >= 0.6 is 0 Å². The Labute approximate surface area is 166 Å². The first-order chi connectivity index (χ1) is 13.6. The quantitative estimate of drug-likeness (QED) is 0.481. The van der Waals surface area contributed by atoms with Gasteiger partial charge in [0.1, 0.15) is 0 Å². The normalized spacial score (nSPS) is 10.9. The third-order valence-electron chi connectivity index (χ3n) is 4.07. The van der Waals surface area contributed by atoms with E-state index in [9.17, 15) is 4.79 Å². The maximum absolute atomic E-state index is 11.7. The molecule has 7 heteroatoms. The molecule has 0 spiro atoms. The SMILES string of the molecule is CCOc1ccc(NC(=NC)NCCc2cccc(C(=O)NC)c2)cc1OC. The molecule has 7 nitrogen and oxygen atoms in total. The summed E-state index contributed by atoms with van der Waals surface area (Å²) in [4.78, 5) is 16.0. The lowest BCUT2D eigenvalue weighted by molar-refractivity contribution is 0.0963. The number of anilines is 1. The van der Waals surface area contributed by atoms with Crippen molar-refractivity contribution >= 4 is 17.6 Å². The Morgan fingerprint density at radius 3 is 2.64 bits per heavy atom. The lowest BCUT2D eigenvalue weighted by Gasteiger charge is -2.14. The van der Waals surface area contributed by atoms with Gasteiger partial charge in [0.25, 0.3) is 5.91 Å². The zero-order valence-electron chi connectivity index (χ0n) is 16.8. The molecule has 2 aromatic carbocycles. The predicted molar refractivity (Wildman–Crippen MR) is 113 cm³/mol. The molecule has 0 aliphatic heterocycles. The molecule has 150 valence electrons. The fourth-order valence-electron chi connectivity index (χ4n) is 2.67. The number of carbonyl (C=O) groups excluding carboxylic acids is 1. The maximum atomic E-state index is 11.7. The third-order valence-corrected chi connectivity index (χ3v) is 4.07. The summed E-state index contributed by atoms with van der Waals surface area (Å²) in [5, 5.41) is 9.15. The summed E-state index contributed by atoms with van der Waals surface area (Å²) in [6.07, 6.45) is 0.762. The van der Waals surface area contributed by atoms with Gasteiger partial charge in [0.05, 0.1) is 13.7 Å². The largest absolute Gasteiger partial charge is 0.493 e. The molecule has 0 saturated heterocycles. The molecule has 0 unspecified atom stereocenters. The second-order valence-electron chi connectivity index (χ2n) is 5.95. The highest BCUT2D eigenvalue weighted by molar-refractivity contribution is 5.94. The van der Waals surface area contributed by atoms with Crippen LogP contribution in [0, 0.1) is 0 Å². The number of nitrogens with zero attached hydrogens (tertiary/aromatic N) is 1. The summed E-state index contributed by atoms with van der Waals surface area (Å²) in [6.45, 7) is 3.18. The summed E-state index contributed by atoms with van der Waals surface area (Å²) < 4.78 is 10.9. The lowest BCUT2D eigenvalue weighted by atomic mass is 10.1. The molecule has 0 saturated carbocycles. The number of amides is 1. The number of guanidine groups is 1. The van der Waals surface area contributed by atoms with E-state index < -0.39 is 0 Å². The van der Waals surface area contributed by atoms with Crippen LogP contribution in [-0.2, 0) is 6.42 Å². The zero-order chi connectivity index (χ0) is 20.4. The van der Waals surface area contributed by atoms with Gasteiger partial charge in [-0.3, -0.25) is 9.79 Å². The minimum atomic E-state index is -0.0864. The fourth-order valence-corrected chi connectivity index (χ4v) is 2.67. The van der Waals surface area contributed by atoms with Gasteiger partial charge in [-0.2, -0.15) is 0 Å². The molecule has 0 heterocycles. The highest BCUT2D eigenvalue weighted by atomic mass is 16.5. The number of hydrogen-bond donors (Lipinski definition) is 3. The zero-order valence-corrected chi connectivity index (χ0v) is 16.8. The molecular weight excluding hydrogens is 356 g/mol. The third kappa shape index (κ3) is 5.90. The molecule has 2 aromatic rings. The highest BCUT2D eigenvalue weighted by Gasteiger charge is 2.07. The molecule has 0 atom stereocenters. The van der Waals surface area contributed by atoms with Crippen LogP contribution in [0.2, 0.25) is 0 Å². The molecule has 28 heavy (non-hydrogen) atoms. The number of hydrogen-bond acceptors (Lipinski definition) is 4. The van der Waals surface area contributed by atoms with Crippen LogP contribution in [0.5, 0.6) is 11.5 Å². The van der Waals surface area contributed by atoms with Gasteiger partial charge in [0, 0.05) is 38.0 Å². The lowest BCUT2D eigenvalue weighted by Crippen LogP contribution is -2.32. The summed E-state index contributed by atoms with van der Waals surface area (Å²) in [6, 6.07) is 13.2. The Bertz CT molecular complexity index is 821. The molecule has 0 fully saturated rings. The minimum absolute atomic E-state index is 0.0864. The van der Waals surface area contributed by atoms with E-state index in [1.165, 1.54) is 0 Å². The Morgan fingerprint density at radius 2 is 1.96 bits per heavy atom. The van der Waals surface area contributed by atoms with Crippen molar-refractivity contribution in [3.05, 3.63) is 53.6 Å². The van der Waals surface area contributed by atoms with Crippen LogP contribution in [0.25, 0.3) is 0 Å². The Balaban J connectivity index is 1.94. The molecular formula is C21H28N4O3. The van der Waals surface area contributed by atoms with Crippen molar-refractivity contribution in [2.24, 2.45) is 4.99 Å². The fraction of sp³-hybridized carbons (Fsp3) is 0.333. The highest BCUT2D eigenvalue weighted by Crippen LogP contribution is 2.30. The van der Waals surface area contributed by atoms with Gasteiger partial charge in [-0.15, -0.1) is 0 Å². The average molecular weight is 384 g/mol. The van der Waals surface area contributed by atoms with Gasteiger partial charge >= 0.3 is 0 Å². The number of benzene rings is 2. The van der Waals surface area contributed by atoms with Crippen molar-refractivity contribution in [3.8, 4) is 11.5 Å². The van der Waals surface area contributed by atoms with E-state index in [1.54, 1.807) is 27.3 Å². The number of aliphatic imine (C=N–C) groups is 1. The first kappa shape index (κ1) is 21.1. The minimum Gasteiger partial charge on any atom is -0.493 e. The van der Waals surface area contributed by atoms with Gasteiger partial charge in [-0.05, 0) is 43.2 Å². The number of nitrogens with one attached hydrogen (secondary N) is 3. The van der Waals surface area contributed by atoms with Crippen molar-refractivity contribution in [1.82, 2.24) is 10.6 Å². The van der Waals surface area contributed by atoms with E-state index in [0.29, 0.717) is 36.2 Å². The predicted octanol–water partition coefficient (Wildman–Crippen LogP) is 2.68. The van der Waals surface area contributed by atoms with Crippen molar-refractivity contribution in [2.75, 3.05) is 39.7 Å². The Hall–Kier alpha value is -3.22. The smallest absolute Gasteiger partial charge is 0.251 e. The van der Waals surface area contributed by atoms with Crippen molar-refractivity contribution in [1.29, 1.82) is 0 Å². The van der Waals surface area contributed by atoms with Crippen molar-refractivity contribution in [3.63, 3.8) is 0 Å². The first-order valence-electron chi connectivity index (χ1n) is 9.20. The molecule has 2 rings (SSSR count). The van der Waals surface area contributed by atoms with E-state index >= 15 is 0 Å². The molecule has 0 aliphatic carbocycles. The summed E-state index contributed by atoms with van der Waals surface area (Å²) in [5.74, 6) is 1.92. The van der Waals surface area contributed by atoms with E-state index in [2.05, 4.69) is 20.9 Å². The van der Waals surface area contributed by atoms with Crippen molar-refractivity contribution in [2.45, 2.75) is 13.3 Å². The first-order valence-corrected chi connectivity index (χ1v) is 9.20. The van der Waals surface area contributed by atoms with Gasteiger partial charge < -0.3 is 25.4 Å². The maximum Gasteiger partial charge on any atom is 0.251 e. The van der Waals surface area contributed by atoms with Gasteiger partial charge in [-0.25, -0.2) is 0 Å². The standard InChI is InChI=1S/C21H28N4O3/c1-5-28-18-10-9-17(14-19(18)27-4)25-21(23-3)24-12-11-15-7-6-8-16(13-15)20(26)22-2/h6-10,13-14H,5,11-12H2,1-4H3,(H,22,26)(H2,23,24,25). The summed E-state index contributed by atoms with van der Waals surface area (Å²) in [7, 11) is 4.96. The van der Waals surface area contributed by atoms with E-state index in [0.717, 1.165) is 17.7 Å². The summed E-state index contributed by atoms with van der Waals surface area (Å²) in [5.41, 5.74) is 2.57. The monoisotopic (exact) mass is 384 g/mol. The van der Waals surface area contributed by atoms with Crippen LogP contribution in [0.3, 0.4) is 0 Å². The molecule has 3 N–H and O–H groups in total. The number of carbonyl (C=O) groups is 1. The Kier molecular flexibility index (Phi) is 8.14. The second-order valence-corrected chi connectivity index (χ2v) is 5.95. The average Bonchev–Trinajstić information content (AvgIpc) is 2.73. The molecule has 1 amide bonds. The van der Waals surface area contributed by atoms with Crippen LogP contribution in [0.15, 0.2) is 47.5 Å². The van der Waals surface area contributed by atoms with Crippen LogP contribution in [-0.4, -0.2) is 46.2 Å². The van der Waals surface area contributed by atoms with Crippen LogP contribution < -0.4 is 25.4 Å². The number of methoxy groups -OCH3 is 1. The number of ether oxygens (including phenoxy) is 2. The van der Waals surface area contributed by atoms with Gasteiger partial charge in [0.15, 0.2) is 17.5 Å². The molecule has 0 aliphatic rings. The summed E-state index contributed by atoms with van der Waals surface area (Å²) >= 11 is 0. The second kappa shape index (κ2) is 10.8. The van der Waals surface area contributed by atoms with E-state index in [-0.39, 0.29) is 5.91 Å².